The Morgan fingerprint density at radius 1 is 1.26 bits per heavy atom. The number of carbonyl (C=O) groups is 1. The van der Waals surface area contributed by atoms with Gasteiger partial charge < -0.3 is 5.32 Å². The molecule has 0 aliphatic rings. The van der Waals surface area contributed by atoms with Crippen LogP contribution in [0, 0.1) is 15.9 Å². The number of nitro benzene ring substituents is 1. The molecule has 0 aromatic heterocycles. The van der Waals surface area contributed by atoms with Crippen molar-refractivity contribution in [3.05, 3.63) is 80.6 Å². The van der Waals surface area contributed by atoms with E-state index in [-0.39, 0.29) is 29.0 Å². The van der Waals surface area contributed by atoms with Gasteiger partial charge in [0, 0.05) is 18.7 Å². The number of nitrogens with zero attached hydrogens (tertiary/aromatic N) is 1. The second-order valence-electron chi connectivity index (χ2n) is 4.65. The maximum Gasteiger partial charge on any atom is 0.288 e. The van der Waals surface area contributed by atoms with Crippen molar-refractivity contribution in [2.45, 2.75) is 6.54 Å². The van der Waals surface area contributed by atoms with E-state index in [4.69, 9.17) is 11.6 Å². The normalized spacial score (nSPS) is 10.7. The zero-order valence-corrected chi connectivity index (χ0v) is 12.6. The van der Waals surface area contributed by atoms with Crippen LogP contribution in [-0.2, 0) is 11.3 Å². The summed E-state index contributed by atoms with van der Waals surface area (Å²) in [6.07, 6.45) is 2.71. The van der Waals surface area contributed by atoms with E-state index in [0.29, 0.717) is 5.56 Å². The number of carbonyl (C=O) groups excluding carboxylic acids is 1. The van der Waals surface area contributed by atoms with Gasteiger partial charge in [0.15, 0.2) is 0 Å². The van der Waals surface area contributed by atoms with Crippen molar-refractivity contribution >= 4 is 29.3 Å². The summed E-state index contributed by atoms with van der Waals surface area (Å²) in [7, 11) is 0. The molecule has 7 heteroatoms. The number of benzene rings is 2. The third-order valence-electron chi connectivity index (χ3n) is 2.97. The SMILES string of the molecule is O=C(/C=C/c1ccc(Cl)c([N+](=O)[O-])c1)NCc1ccc(F)cc1. The van der Waals surface area contributed by atoms with E-state index in [1.807, 2.05) is 0 Å². The summed E-state index contributed by atoms with van der Waals surface area (Å²) in [5.41, 5.74) is 1.02. The van der Waals surface area contributed by atoms with E-state index < -0.39 is 4.92 Å². The first-order valence-corrected chi connectivity index (χ1v) is 6.98. The highest BCUT2D eigenvalue weighted by atomic mass is 35.5. The first-order chi connectivity index (χ1) is 11.0. The number of nitrogens with one attached hydrogen (secondary N) is 1. The van der Waals surface area contributed by atoms with Gasteiger partial charge in [0.25, 0.3) is 5.69 Å². The Balaban J connectivity index is 1.97. The van der Waals surface area contributed by atoms with Crippen LogP contribution in [0.5, 0.6) is 0 Å². The molecule has 0 bridgehead atoms. The molecule has 1 amide bonds. The third-order valence-corrected chi connectivity index (χ3v) is 3.29. The molecule has 5 nitrogen and oxygen atoms in total. The zero-order valence-electron chi connectivity index (χ0n) is 11.8. The Labute approximate surface area is 136 Å². The average Bonchev–Trinajstić information content (AvgIpc) is 2.53. The second-order valence-corrected chi connectivity index (χ2v) is 5.05. The Hall–Kier alpha value is -2.73. The van der Waals surface area contributed by atoms with E-state index in [0.717, 1.165) is 5.56 Å². The van der Waals surface area contributed by atoms with Gasteiger partial charge in [0.2, 0.25) is 5.91 Å². The van der Waals surface area contributed by atoms with E-state index in [1.165, 1.54) is 36.4 Å². The fourth-order valence-corrected chi connectivity index (χ4v) is 1.98. The van der Waals surface area contributed by atoms with E-state index in [9.17, 15) is 19.3 Å². The molecule has 1 N–H and O–H groups in total. The first kappa shape index (κ1) is 16.6. The monoisotopic (exact) mass is 334 g/mol. The van der Waals surface area contributed by atoms with Crippen LogP contribution >= 0.6 is 11.6 Å². The summed E-state index contributed by atoms with van der Waals surface area (Å²) < 4.78 is 12.8. The van der Waals surface area contributed by atoms with Crippen LogP contribution in [0.2, 0.25) is 5.02 Å². The van der Waals surface area contributed by atoms with Gasteiger partial charge in [-0.3, -0.25) is 14.9 Å². The smallest absolute Gasteiger partial charge is 0.288 e. The largest absolute Gasteiger partial charge is 0.348 e. The van der Waals surface area contributed by atoms with Gasteiger partial charge in [-0.1, -0.05) is 29.8 Å². The Morgan fingerprint density at radius 3 is 2.61 bits per heavy atom. The van der Waals surface area contributed by atoms with E-state index in [2.05, 4.69) is 5.32 Å². The molecule has 0 aliphatic heterocycles. The van der Waals surface area contributed by atoms with E-state index >= 15 is 0 Å². The minimum Gasteiger partial charge on any atom is -0.348 e. The molecular weight excluding hydrogens is 323 g/mol. The summed E-state index contributed by atoms with van der Waals surface area (Å²) in [5, 5.41) is 13.5. The molecule has 0 saturated heterocycles. The molecule has 0 heterocycles. The lowest BCUT2D eigenvalue weighted by Crippen LogP contribution is -2.20. The summed E-state index contributed by atoms with van der Waals surface area (Å²) in [6.45, 7) is 0.254. The van der Waals surface area contributed by atoms with Crippen molar-refractivity contribution in [2.24, 2.45) is 0 Å². The lowest BCUT2D eigenvalue weighted by molar-refractivity contribution is -0.384. The number of hydrogen-bond acceptors (Lipinski definition) is 3. The van der Waals surface area contributed by atoms with E-state index in [1.54, 1.807) is 18.2 Å². The van der Waals surface area contributed by atoms with Crippen molar-refractivity contribution in [3.63, 3.8) is 0 Å². The van der Waals surface area contributed by atoms with Crippen molar-refractivity contribution in [1.82, 2.24) is 5.32 Å². The van der Waals surface area contributed by atoms with Crippen molar-refractivity contribution in [3.8, 4) is 0 Å². The highest BCUT2D eigenvalue weighted by molar-refractivity contribution is 6.32. The molecule has 2 aromatic rings. The Kier molecular flexibility index (Phi) is 5.43. The lowest BCUT2D eigenvalue weighted by atomic mass is 10.2. The molecule has 0 unspecified atom stereocenters. The molecular formula is C16H12ClFN2O3. The summed E-state index contributed by atoms with van der Waals surface area (Å²) in [4.78, 5) is 21.9. The Bertz CT molecular complexity index is 760. The molecule has 118 valence electrons. The van der Waals surface area contributed by atoms with Crippen LogP contribution in [0.15, 0.2) is 48.5 Å². The van der Waals surface area contributed by atoms with Crippen LogP contribution in [0.4, 0.5) is 10.1 Å². The van der Waals surface area contributed by atoms with Gasteiger partial charge in [-0.05, 0) is 35.4 Å². The minimum atomic E-state index is -0.589. The summed E-state index contributed by atoms with van der Waals surface area (Å²) in [6, 6.07) is 10.0. The molecule has 23 heavy (non-hydrogen) atoms. The molecule has 0 fully saturated rings. The van der Waals surface area contributed by atoms with Gasteiger partial charge in [-0.25, -0.2) is 4.39 Å². The van der Waals surface area contributed by atoms with Crippen molar-refractivity contribution in [2.75, 3.05) is 0 Å². The number of rotatable bonds is 5. The highest BCUT2D eigenvalue weighted by Crippen LogP contribution is 2.25. The van der Waals surface area contributed by atoms with Gasteiger partial charge in [-0.2, -0.15) is 0 Å². The molecule has 0 saturated carbocycles. The highest BCUT2D eigenvalue weighted by Gasteiger charge is 2.11. The number of halogens is 2. The third kappa shape index (κ3) is 4.89. The fraction of sp³-hybridized carbons (Fsp3) is 0.0625. The summed E-state index contributed by atoms with van der Waals surface area (Å²) >= 11 is 5.71. The maximum atomic E-state index is 12.8. The van der Waals surface area contributed by atoms with Gasteiger partial charge >= 0.3 is 0 Å². The van der Waals surface area contributed by atoms with Crippen molar-refractivity contribution in [1.29, 1.82) is 0 Å². The lowest BCUT2D eigenvalue weighted by Gasteiger charge is -2.02. The number of hydrogen-bond donors (Lipinski definition) is 1. The topological polar surface area (TPSA) is 72.2 Å². The molecule has 0 spiro atoms. The van der Waals surface area contributed by atoms with Crippen LogP contribution < -0.4 is 5.32 Å². The standard InChI is InChI=1S/C16H12ClFN2O3/c17-14-7-3-11(9-15(14)20(22)23)4-8-16(21)19-10-12-1-5-13(18)6-2-12/h1-9H,10H2,(H,19,21)/b8-4+. The van der Waals surface area contributed by atoms with Crippen LogP contribution in [0.3, 0.4) is 0 Å². The predicted molar refractivity (Wildman–Crippen MR) is 85.4 cm³/mol. The predicted octanol–water partition coefficient (Wildman–Crippen LogP) is 3.72. The molecule has 2 rings (SSSR count). The van der Waals surface area contributed by atoms with Gasteiger partial charge in [-0.15, -0.1) is 0 Å². The molecule has 2 aromatic carbocycles. The zero-order chi connectivity index (χ0) is 16.8. The quantitative estimate of drug-likeness (QED) is 0.514. The van der Waals surface area contributed by atoms with Crippen LogP contribution in [0.1, 0.15) is 11.1 Å². The molecule has 0 aliphatic carbocycles. The number of amides is 1. The second kappa shape index (κ2) is 7.51. The first-order valence-electron chi connectivity index (χ1n) is 6.60. The minimum absolute atomic E-state index is 0.0351. The summed E-state index contributed by atoms with van der Waals surface area (Å²) in [5.74, 6) is -0.712. The molecule has 0 radical (unpaired) electrons. The Morgan fingerprint density at radius 2 is 1.96 bits per heavy atom. The average molecular weight is 335 g/mol. The van der Waals surface area contributed by atoms with Crippen molar-refractivity contribution < 1.29 is 14.1 Å². The fourth-order valence-electron chi connectivity index (χ4n) is 1.80. The van der Waals surface area contributed by atoms with Gasteiger partial charge in [0.05, 0.1) is 4.92 Å². The van der Waals surface area contributed by atoms with Crippen LogP contribution in [0.25, 0.3) is 6.08 Å². The molecule has 0 atom stereocenters. The number of nitro groups is 1. The van der Waals surface area contributed by atoms with Crippen LogP contribution in [-0.4, -0.2) is 10.8 Å². The maximum absolute atomic E-state index is 12.8. The van der Waals surface area contributed by atoms with Gasteiger partial charge in [0.1, 0.15) is 10.8 Å².